The molecule has 63 heavy (non-hydrogen) atoms. The minimum absolute atomic E-state index is 0.182. The molecule has 3 heterocycles. The first-order chi connectivity index (χ1) is 31.1. The second-order valence-electron chi connectivity index (χ2n) is 17.7. The van der Waals surface area contributed by atoms with Gasteiger partial charge in [-0.2, -0.15) is 0 Å². The lowest BCUT2D eigenvalue weighted by Crippen LogP contribution is -2.58. The van der Waals surface area contributed by atoms with Crippen molar-refractivity contribution in [2.45, 2.75) is 51.3 Å². The number of benzene rings is 9. The van der Waals surface area contributed by atoms with E-state index in [1.54, 1.807) is 0 Å². The Morgan fingerprint density at radius 1 is 0.476 bits per heavy atom. The molecular weight excluding hydrogens is 798 g/mol. The molecule has 13 rings (SSSR count). The summed E-state index contributed by atoms with van der Waals surface area (Å²) < 4.78 is 0. The second-order valence-corrected chi connectivity index (χ2v) is 19.9. The molecule has 9 aromatic carbocycles. The Morgan fingerprint density at radius 3 is 1.81 bits per heavy atom. The van der Waals surface area contributed by atoms with Crippen molar-refractivity contribution in [3.63, 3.8) is 0 Å². The Bertz CT molecular complexity index is 3360. The summed E-state index contributed by atoms with van der Waals surface area (Å²) in [7, 11) is 0. The highest BCUT2D eigenvalue weighted by Crippen LogP contribution is 2.50. The molecule has 0 fully saturated rings. The molecule has 2 unspecified atom stereocenters. The van der Waals surface area contributed by atoms with Crippen LogP contribution in [0.2, 0.25) is 0 Å². The van der Waals surface area contributed by atoms with Gasteiger partial charge in [0.1, 0.15) is 0 Å². The third-order valence-corrected chi connectivity index (χ3v) is 16.1. The minimum Gasteiger partial charge on any atom is -0.333 e. The van der Waals surface area contributed by atoms with Crippen molar-refractivity contribution >= 4 is 79.5 Å². The summed E-state index contributed by atoms with van der Waals surface area (Å²) in [4.78, 5) is 7.99. The summed E-state index contributed by atoms with van der Waals surface area (Å²) in [6, 6.07) is 67.0. The van der Waals surface area contributed by atoms with Gasteiger partial charge in [-0.15, -0.1) is 0 Å². The first kappa shape index (κ1) is 37.1. The van der Waals surface area contributed by atoms with Crippen molar-refractivity contribution in [1.29, 1.82) is 0 Å². The largest absolute Gasteiger partial charge is 0.333 e. The second kappa shape index (κ2) is 14.6. The smallest absolute Gasteiger partial charge is 0.247 e. The molecule has 9 aromatic rings. The van der Waals surface area contributed by atoms with Crippen molar-refractivity contribution < 1.29 is 0 Å². The van der Waals surface area contributed by atoms with E-state index >= 15 is 0 Å². The monoisotopic (exact) mass is 839 g/mol. The Balaban J connectivity index is 0.991. The fourth-order valence-electron chi connectivity index (χ4n) is 11.0. The van der Waals surface area contributed by atoms with E-state index in [1.165, 1.54) is 113 Å². The molecule has 0 saturated carbocycles. The zero-order valence-corrected chi connectivity index (χ0v) is 36.8. The van der Waals surface area contributed by atoms with Crippen LogP contribution in [-0.2, 0) is 0 Å². The van der Waals surface area contributed by atoms with E-state index < -0.39 is 0 Å². The molecule has 4 aliphatic rings. The van der Waals surface area contributed by atoms with Gasteiger partial charge in [-0.05, 0) is 120 Å². The number of hydrogen-bond acceptors (Lipinski definition) is 3. The number of hydrogen-bond donors (Lipinski definition) is 0. The van der Waals surface area contributed by atoms with Gasteiger partial charge >= 0.3 is 0 Å². The molecule has 0 spiro atoms. The third-order valence-electron chi connectivity index (χ3n) is 13.8. The van der Waals surface area contributed by atoms with Crippen molar-refractivity contribution in [3.8, 4) is 33.4 Å². The lowest BCUT2D eigenvalue weighted by atomic mass is 9.36. The zero-order chi connectivity index (χ0) is 41.8. The molecule has 3 aliphatic heterocycles. The van der Waals surface area contributed by atoms with Crippen LogP contribution < -0.4 is 21.3 Å². The molecule has 1 aliphatic carbocycles. The normalized spacial score (nSPS) is 16.6. The van der Waals surface area contributed by atoms with Crippen molar-refractivity contribution in [1.82, 2.24) is 0 Å². The van der Waals surface area contributed by atoms with Gasteiger partial charge in [-0.1, -0.05) is 206 Å². The van der Waals surface area contributed by atoms with E-state index in [9.17, 15) is 0 Å². The summed E-state index contributed by atoms with van der Waals surface area (Å²) in [6.07, 6.45) is 9.17. The minimum atomic E-state index is 0.182. The van der Waals surface area contributed by atoms with Gasteiger partial charge in [0.25, 0.3) is 0 Å². The number of fused-ring (bicyclic) bond motifs is 9. The maximum absolute atomic E-state index is 2.57. The third kappa shape index (κ3) is 5.81. The lowest BCUT2D eigenvalue weighted by Gasteiger charge is -2.35. The number of nitrogens with zero attached hydrogens (tertiary/aromatic N) is 1. The fourth-order valence-corrected chi connectivity index (χ4v) is 13.5. The van der Waals surface area contributed by atoms with E-state index in [0.717, 1.165) is 0 Å². The molecule has 2 atom stereocenters. The number of rotatable bonds is 5. The van der Waals surface area contributed by atoms with Gasteiger partial charge in [-0.25, -0.2) is 0 Å². The Morgan fingerprint density at radius 2 is 1.06 bits per heavy atom. The van der Waals surface area contributed by atoms with Gasteiger partial charge in [-0.3, -0.25) is 0 Å². The molecule has 0 bridgehead atoms. The van der Waals surface area contributed by atoms with Crippen LogP contribution >= 0.6 is 23.5 Å². The molecule has 0 aromatic heterocycles. The highest BCUT2D eigenvalue weighted by atomic mass is 32.2. The predicted molar refractivity (Wildman–Crippen MR) is 271 cm³/mol. The molecule has 0 saturated heterocycles. The number of anilines is 2. The summed E-state index contributed by atoms with van der Waals surface area (Å²) in [5, 5.41) is 5.14. The quantitative estimate of drug-likeness (QED) is 0.126. The topological polar surface area (TPSA) is 3.24 Å². The van der Waals surface area contributed by atoms with E-state index in [2.05, 4.69) is 219 Å². The van der Waals surface area contributed by atoms with Crippen LogP contribution in [0.5, 0.6) is 0 Å². The Kier molecular flexibility index (Phi) is 8.58. The van der Waals surface area contributed by atoms with Crippen LogP contribution in [0.1, 0.15) is 36.8 Å². The number of para-hydroxylation sites is 1. The van der Waals surface area contributed by atoms with Crippen LogP contribution in [0.15, 0.2) is 220 Å². The van der Waals surface area contributed by atoms with Crippen molar-refractivity contribution in [2.24, 2.45) is 0 Å². The zero-order valence-electron chi connectivity index (χ0n) is 35.1. The van der Waals surface area contributed by atoms with Crippen LogP contribution in [0, 0.1) is 0 Å². The molecular formula is C59H42BNS2. The van der Waals surface area contributed by atoms with Crippen LogP contribution in [-0.4, -0.2) is 12.8 Å². The van der Waals surface area contributed by atoms with Gasteiger partial charge in [0.2, 0.25) is 6.71 Å². The number of allylic oxidation sites excluding steroid dienone is 2. The van der Waals surface area contributed by atoms with Gasteiger partial charge < -0.3 is 4.90 Å². The van der Waals surface area contributed by atoms with Crippen LogP contribution in [0.4, 0.5) is 11.4 Å². The predicted octanol–water partition coefficient (Wildman–Crippen LogP) is 14.3. The van der Waals surface area contributed by atoms with Crippen molar-refractivity contribution in [2.75, 3.05) is 4.90 Å². The summed E-state index contributed by atoms with van der Waals surface area (Å²) >= 11 is 3.90. The van der Waals surface area contributed by atoms with Gasteiger partial charge in [0, 0.05) is 36.9 Å². The average molecular weight is 840 g/mol. The van der Waals surface area contributed by atoms with Gasteiger partial charge in [0.05, 0.1) is 6.04 Å². The summed E-state index contributed by atoms with van der Waals surface area (Å²) in [5.74, 6) is 0.711. The first-order valence-electron chi connectivity index (χ1n) is 22.2. The van der Waals surface area contributed by atoms with Crippen molar-refractivity contribution in [3.05, 3.63) is 211 Å². The van der Waals surface area contributed by atoms with Crippen LogP contribution in [0.3, 0.4) is 0 Å². The SMILES string of the molecule is CC(C)c1cc(-c2cc3c4c(c2)Sc2cc(N5c6ccccc6C6C=CC=CC65)ccc2B4c2ccccc2S3)cc(-c2c3ccccc3c(-c3ccccc3)c3ccccc23)c1. The summed E-state index contributed by atoms with van der Waals surface area (Å²) in [6.45, 7) is 4.84. The molecule has 0 radical (unpaired) electrons. The Labute approximate surface area is 378 Å². The van der Waals surface area contributed by atoms with E-state index in [4.69, 9.17) is 0 Å². The highest BCUT2D eigenvalue weighted by Gasteiger charge is 2.41. The standard InChI is InChI=1S/C59H42BNS2/c1-36(2)38-30-39(32-41(31-38)58-47-22-8-6-20-45(47)57(37-16-4-3-5-17-37)46-21-7-9-23-48(46)58)40-33-55-59-56(34-40)63-54-35-42(28-29-50(54)60(59)49-24-12-15-27-53(49)62-55)61-51-25-13-10-18-43(51)44-19-11-14-26-52(44)61/h3-36,43,51H,1-2H3. The summed E-state index contributed by atoms with van der Waals surface area (Å²) in [5.41, 5.74) is 17.2. The van der Waals surface area contributed by atoms with E-state index in [0.29, 0.717) is 11.8 Å². The van der Waals surface area contributed by atoms with E-state index in [-0.39, 0.29) is 12.8 Å². The highest BCUT2D eigenvalue weighted by molar-refractivity contribution is 8.01. The lowest BCUT2D eigenvalue weighted by molar-refractivity contribution is 0.744. The molecule has 0 amide bonds. The van der Waals surface area contributed by atoms with Crippen LogP contribution in [0.25, 0.3) is 54.9 Å². The molecule has 0 N–H and O–H groups in total. The average Bonchev–Trinajstić information content (AvgIpc) is 3.67. The maximum atomic E-state index is 2.57. The maximum Gasteiger partial charge on any atom is 0.247 e. The Hall–Kier alpha value is -6.46. The molecule has 1 nitrogen and oxygen atoms in total. The fraction of sp³-hybridized carbons (Fsp3) is 0.0847. The molecule has 4 heteroatoms. The van der Waals surface area contributed by atoms with Gasteiger partial charge in [0.15, 0.2) is 0 Å². The first-order valence-corrected chi connectivity index (χ1v) is 23.8. The molecule has 298 valence electrons. The van der Waals surface area contributed by atoms with E-state index in [1.807, 2.05) is 23.5 Å².